The van der Waals surface area contributed by atoms with Gasteiger partial charge in [0.25, 0.3) is 5.91 Å². The number of nitrogens with zero attached hydrogens (tertiary/aromatic N) is 2. The fourth-order valence-electron chi connectivity index (χ4n) is 3.87. The van der Waals surface area contributed by atoms with Crippen LogP contribution in [0.1, 0.15) is 40.3 Å². The molecule has 3 heterocycles. The number of carbonyl (C=O) groups is 1. The first-order valence-electron chi connectivity index (χ1n) is 9.63. The Morgan fingerprint density at radius 1 is 1.38 bits per heavy atom. The summed E-state index contributed by atoms with van der Waals surface area (Å²) < 4.78 is 27.4. The van der Waals surface area contributed by atoms with Gasteiger partial charge in [-0.15, -0.1) is 0 Å². The van der Waals surface area contributed by atoms with Crippen LogP contribution in [0.25, 0.3) is 10.9 Å². The van der Waals surface area contributed by atoms with E-state index in [1.807, 2.05) is 0 Å². The molecule has 3 aromatic rings. The number of halogens is 2. The van der Waals surface area contributed by atoms with E-state index in [0.717, 1.165) is 41.0 Å². The highest BCUT2D eigenvalue weighted by molar-refractivity contribution is 7.15. The van der Waals surface area contributed by atoms with Gasteiger partial charge < -0.3 is 20.3 Å². The molecule has 0 spiro atoms. The van der Waals surface area contributed by atoms with E-state index in [2.05, 4.69) is 15.3 Å². The van der Waals surface area contributed by atoms with E-state index in [1.54, 1.807) is 4.90 Å². The fraction of sp³-hybridized carbons (Fsp3) is 0.400. The molecule has 1 amide bonds. The van der Waals surface area contributed by atoms with Crippen LogP contribution in [0.15, 0.2) is 18.2 Å². The Hall–Kier alpha value is -2.52. The lowest BCUT2D eigenvalue weighted by Gasteiger charge is -2.36. The normalized spacial score (nSPS) is 17.8. The van der Waals surface area contributed by atoms with Crippen molar-refractivity contribution >= 4 is 33.3 Å². The molecule has 3 N–H and O–H groups in total. The number of aromatic amines is 1. The van der Waals surface area contributed by atoms with Crippen LogP contribution in [0.2, 0.25) is 0 Å². The Morgan fingerprint density at radius 3 is 2.97 bits per heavy atom. The van der Waals surface area contributed by atoms with Gasteiger partial charge in [-0.2, -0.15) is 0 Å². The van der Waals surface area contributed by atoms with Gasteiger partial charge >= 0.3 is 0 Å². The van der Waals surface area contributed by atoms with Crippen molar-refractivity contribution in [2.75, 3.05) is 18.4 Å². The number of fused-ring (bicyclic) bond motifs is 2. The maximum atomic E-state index is 14.0. The summed E-state index contributed by atoms with van der Waals surface area (Å²) in [4.78, 5) is 23.1. The smallest absolute Gasteiger partial charge is 0.270 e. The number of benzene rings is 1. The minimum Gasteiger partial charge on any atom is -0.388 e. The van der Waals surface area contributed by atoms with Crippen LogP contribution in [0.5, 0.6) is 0 Å². The zero-order chi connectivity index (χ0) is 20.2. The highest BCUT2D eigenvalue weighted by Gasteiger charge is 2.34. The molecule has 0 saturated heterocycles. The number of aromatic nitrogens is 2. The number of thiazole rings is 1. The van der Waals surface area contributed by atoms with Crippen molar-refractivity contribution < 1.29 is 18.7 Å². The summed E-state index contributed by atoms with van der Waals surface area (Å²) in [6.45, 7) is 1.41. The van der Waals surface area contributed by atoms with E-state index in [4.69, 9.17) is 0 Å². The Kier molecular flexibility index (Phi) is 4.32. The maximum Gasteiger partial charge on any atom is 0.270 e. The van der Waals surface area contributed by atoms with Crippen LogP contribution in [-0.2, 0) is 13.0 Å². The molecule has 1 fully saturated rings. The van der Waals surface area contributed by atoms with E-state index in [9.17, 15) is 18.7 Å². The van der Waals surface area contributed by atoms with Gasteiger partial charge in [0.15, 0.2) is 16.8 Å². The van der Waals surface area contributed by atoms with E-state index in [-0.39, 0.29) is 17.0 Å². The predicted octanol–water partition coefficient (Wildman–Crippen LogP) is 3.43. The Labute approximate surface area is 169 Å². The number of aliphatic hydroxyl groups is 1. The van der Waals surface area contributed by atoms with Gasteiger partial charge in [-0.1, -0.05) is 11.3 Å². The van der Waals surface area contributed by atoms with Gasteiger partial charge in [-0.25, -0.2) is 13.8 Å². The minimum atomic E-state index is -0.954. The number of amides is 1. The van der Waals surface area contributed by atoms with E-state index in [1.165, 1.54) is 23.5 Å². The van der Waals surface area contributed by atoms with Crippen molar-refractivity contribution in [1.29, 1.82) is 0 Å². The predicted molar refractivity (Wildman–Crippen MR) is 106 cm³/mol. The molecule has 0 unspecified atom stereocenters. The molecule has 1 saturated carbocycles. The summed E-state index contributed by atoms with van der Waals surface area (Å²) in [6, 6.07) is 3.84. The Bertz CT molecular complexity index is 1110. The first-order chi connectivity index (χ1) is 13.9. The van der Waals surface area contributed by atoms with Gasteiger partial charge in [-0.3, -0.25) is 4.79 Å². The molecule has 5 rings (SSSR count). The van der Waals surface area contributed by atoms with Crippen LogP contribution in [0.3, 0.4) is 0 Å². The van der Waals surface area contributed by atoms with Crippen LogP contribution < -0.4 is 5.32 Å². The molecule has 0 atom stereocenters. The van der Waals surface area contributed by atoms with Gasteiger partial charge in [0.05, 0.1) is 17.8 Å². The average molecular weight is 418 g/mol. The number of hydrogen-bond donors (Lipinski definition) is 3. The van der Waals surface area contributed by atoms with Crippen molar-refractivity contribution in [3.63, 3.8) is 0 Å². The molecule has 0 bridgehead atoms. The minimum absolute atomic E-state index is 0.0734. The third-order valence-corrected chi connectivity index (χ3v) is 6.83. The molecule has 0 radical (unpaired) electrons. The molecule has 6 nitrogen and oxygen atoms in total. The summed E-state index contributed by atoms with van der Waals surface area (Å²) in [5.74, 6) is -2.14. The summed E-state index contributed by atoms with van der Waals surface area (Å²) in [6.07, 6.45) is 3.30. The molecule has 1 aromatic carbocycles. The number of rotatable bonds is 4. The van der Waals surface area contributed by atoms with Gasteiger partial charge in [0, 0.05) is 35.3 Å². The van der Waals surface area contributed by atoms with Crippen molar-refractivity contribution in [2.24, 2.45) is 0 Å². The molecule has 1 aliphatic carbocycles. The first kappa shape index (κ1) is 18.5. The SMILES string of the molecule is O=C(c1cc2c(F)c(F)ccc2[nH]1)N1CCc2nc(NCC3(O)CCC3)sc2C1. The van der Waals surface area contributed by atoms with Crippen molar-refractivity contribution in [3.8, 4) is 0 Å². The molecular formula is C20H20F2N4O2S. The van der Waals surface area contributed by atoms with Crippen LogP contribution in [-0.4, -0.2) is 44.6 Å². The van der Waals surface area contributed by atoms with Crippen LogP contribution in [0.4, 0.5) is 13.9 Å². The number of H-pyrrole nitrogens is 1. The lowest BCUT2D eigenvalue weighted by molar-refractivity contribution is -0.0202. The van der Waals surface area contributed by atoms with Crippen molar-refractivity contribution in [1.82, 2.24) is 14.9 Å². The van der Waals surface area contributed by atoms with Crippen LogP contribution >= 0.6 is 11.3 Å². The topological polar surface area (TPSA) is 81.2 Å². The number of hydrogen-bond acceptors (Lipinski definition) is 5. The molecule has 29 heavy (non-hydrogen) atoms. The lowest BCUT2D eigenvalue weighted by Crippen LogP contribution is -2.43. The monoisotopic (exact) mass is 418 g/mol. The zero-order valence-electron chi connectivity index (χ0n) is 15.6. The quantitative estimate of drug-likeness (QED) is 0.606. The van der Waals surface area contributed by atoms with Gasteiger partial charge in [0.2, 0.25) is 0 Å². The third kappa shape index (κ3) is 3.28. The second-order valence-electron chi connectivity index (χ2n) is 7.80. The van der Waals surface area contributed by atoms with Crippen LogP contribution in [0, 0.1) is 11.6 Å². The summed E-state index contributed by atoms with van der Waals surface area (Å²) >= 11 is 1.49. The van der Waals surface area contributed by atoms with E-state index < -0.39 is 17.2 Å². The van der Waals surface area contributed by atoms with Crippen molar-refractivity contribution in [3.05, 3.63) is 46.1 Å². The zero-order valence-corrected chi connectivity index (χ0v) is 16.4. The highest BCUT2D eigenvalue weighted by Crippen LogP contribution is 2.34. The second-order valence-corrected chi connectivity index (χ2v) is 8.89. The second kappa shape index (κ2) is 6.77. The maximum absolute atomic E-state index is 14.0. The largest absolute Gasteiger partial charge is 0.388 e. The molecular weight excluding hydrogens is 398 g/mol. The molecule has 9 heteroatoms. The van der Waals surface area contributed by atoms with Gasteiger partial charge in [0.1, 0.15) is 5.69 Å². The lowest BCUT2D eigenvalue weighted by atomic mass is 9.80. The Balaban J connectivity index is 1.31. The summed E-state index contributed by atoms with van der Waals surface area (Å²) in [7, 11) is 0. The fourth-order valence-corrected chi connectivity index (χ4v) is 4.89. The Morgan fingerprint density at radius 2 is 2.21 bits per heavy atom. The molecule has 1 aliphatic heterocycles. The molecule has 2 aliphatic rings. The summed E-state index contributed by atoms with van der Waals surface area (Å²) in [5, 5.41) is 14.3. The number of carbonyl (C=O) groups excluding carboxylic acids is 1. The van der Waals surface area contributed by atoms with Gasteiger partial charge in [-0.05, 0) is 37.5 Å². The standard InChI is InChI=1S/C20H20F2N4O2S/c21-12-2-3-13-11(17(12)22)8-15(24-13)18(27)26-7-4-14-16(9-26)29-19(25-14)23-10-20(28)5-1-6-20/h2-3,8,24,28H,1,4-7,9-10H2,(H,23,25). The molecule has 152 valence electrons. The number of anilines is 1. The number of nitrogens with one attached hydrogen (secondary N) is 2. The highest BCUT2D eigenvalue weighted by atomic mass is 32.1. The third-order valence-electron chi connectivity index (χ3n) is 5.79. The average Bonchev–Trinajstić information content (AvgIpc) is 3.30. The van der Waals surface area contributed by atoms with Crippen molar-refractivity contribution in [2.45, 2.75) is 37.8 Å². The first-order valence-corrected chi connectivity index (χ1v) is 10.4. The van der Waals surface area contributed by atoms with E-state index in [0.29, 0.717) is 31.6 Å². The van der Waals surface area contributed by atoms with E-state index >= 15 is 0 Å². The summed E-state index contributed by atoms with van der Waals surface area (Å²) in [5.41, 5.74) is 0.969. The molecule has 2 aromatic heterocycles.